The number of nitrogens with zero attached hydrogens (tertiary/aromatic N) is 1. The lowest BCUT2D eigenvalue weighted by atomic mass is 10.2. The Balaban J connectivity index is 2.12. The summed E-state index contributed by atoms with van der Waals surface area (Å²) in [7, 11) is -3.55. The van der Waals surface area contributed by atoms with Crippen molar-refractivity contribution in [2.24, 2.45) is 0 Å². The lowest BCUT2D eigenvalue weighted by Gasteiger charge is -2.08. The maximum atomic E-state index is 12.2. The van der Waals surface area contributed by atoms with Crippen LogP contribution in [0.4, 0.5) is 5.69 Å². The average molecular weight is 343 g/mol. The van der Waals surface area contributed by atoms with Crippen LogP contribution in [0.1, 0.15) is 29.3 Å². The molecule has 2 aromatic carbocycles. The second-order valence-corrected chi connectivity index (χ2v) is 6.84. The first-order chi connectivity index (χ1) is 11.5. The Morgan fingerprint density at radius 1 is 1.17 bits per heavy atom. The molecular weight excluding hydrogens is 326 g/mol. The van der Waals surface area contributed by atoms with E-state index in [1.807, 2.05) is 13.0 Å². The molecule has 7 heteroatoms. The van der Waals surface area contributed by atoms with Crippen molar-refractivity contribution in [3.63, 3.8) is 0 Å². The minimum absolute atomic E-state index is 0.110. The van der Waals surface area contributed by atoms with Crippen LogP contribution in [0.25, 0.3) is 0 Å². The summed E-state index contributed by atoms with van der Waals surface area (Å²) < 4.78 is 26.5. The molecule has 2 aromatic rings. The average Bonchev–Trinajstić information content (AvgIpc) is 2.60. The van der Waals surface area contributed by atoms with Gasteiger partial charge in [-0.3, -0.25) is 4.79 Å². The first kappa shape index (κ1) is 17.7. The fourth-order valence-electron chi connectivity index (χ4n) is 1.97. The van der Waals surface area contributed by atoms with Crippen molar-refractivity contribution < 1.29 is 13.2 Å². The van der Waals surface area contributed by atoms with Crippen molar-refractivity contribution in [1.82, 2.24) is 4.72 Å². The van der Waals surface area contributed by atoms with Gasteiger partial charge in [-0.05, 0) is 48.9 Å². The Kier molecular flexibility index (Phi) is 5.68. The highest BCUT2D eigenvalue weighted by atomic mass is 32.2. The number of benzene rings is 2. The summed E-state index contributed by atoms with van der Waals surface area (Å²) in [5.74, 6) is -0.379. The molecular formula is C17H17N3O3S. The molecule has 0 aliphatic heterocycles. The summed E-state index contributed by atoms with van der Waals surface area (Å²) >= 11 is 0. The molecule has 0 fully saturated rings. The molecule has 0 unspecified atom stereocenters. The third-order valence-corrected chi connectivity index (χ3v) is 4.70. The molecule has 1 amide bonds. The topological polar surface area (TPSA) is 99.1 Å². The number of rotatable bonds is 6. The Hall–Kier alpha value is -2.69. The van der Waals surface area contributed by atoms with Crippen molar-refractivity contribution in [3.8, 4) is 6.07 Å². The third-order valence-electron chi connectivity index (χ3n) is 3.22. The van der Waals surface area contributed by atoms with Crippen molar-refractivity contribution in [2.75, 3.05) is 11.9 Å². The highest BCUT2D eigenvalue weighted by Gasteiger charge is 2.14. The van der Waals surface area contributed by atoms with Gasteiger partial charge in [0.1, 0.15) is 0 Å². The summed E-state index contributed by atoms with van der Waals surface area (Å²) in [6, 6.07) is 14.2. The van der Waals surface area contributed by atoms with Gasteiger partial charge in [0.15, 0.2) is 0 Å². The van der Waals surface area contributed by atoms with Gasteiger partial charge in [-0.2, -0.15) is 5.26 Å². The molecule has 124 valence electrons. The van der Waals surface area contributed by atoms with E-state index < -0.39 is 10.0 Å². The minimum atomic E-state index is -3.55. The van der Waals surface area contributed by atoms with Crippen molar-refractivity contribution in [2.45, 2.75) is 18.2 Å². The molecule has 0 bridgehead atoms. The van der Waals surface area contributed by atoms with E-state index in [1.165, 1.54) is 24.3 Å². The van der Waals surface area contributed by atoms with Crippen LogP contribution in [0.3, 0.4) is 0 Å². The number of nitrogens with one attached hydrogen (secondary N) is 2. The fraction of sp³-hybridized carbons (Fsp3) is 0.176. The van der Waals surface area contributed by atoms with Crippen LogP contribution < -0.4 is 10.0 Å². The second-order valence-electron chi connectivity index (χ2n) is 5.07. The number of hydrogen-bond acceptors (Lipinski definition) is 4. The fourth-order valence-corrected chi connectivity index (χ4v) is 3.11. The highest BCUT2D eigenvalue weighted by molar-refractivity contribution is 7.89. The second kappa shape index (κ2) is 7.73. The molecule has 0 heterocycles. The Bertz CT molecular complexity index is 869. The van der Waals surface area contributed by atoms with E-state index in [0.29, 0.717) is 29.8 Å². The van der Waals surface area contributed by atoms with Gasteiger partial charge < -0.3 is 5.32 Å². The Morgan fingerprint density at radius 3 is 2.50 bits per heavy atom. The number of nitriles is 1. The number of carbonyl (C=O) groups excluding carboxylic acids is 1. The summed E-state index contributed by atoms with van der Waals surface area (Å²) in [5, 5.41) is 11.5. The predicted molar refractivity (Wildman–Crippen MR) is 91.0 cm³/mol. The first-order valence-electron chi connectivity index (χ1n) is 7.37. The standard InChI is InChI=1S/C17H17N3O3S/c1-2-10-19-24(22,23)16-8-6-14(7-9-16)17(21)20-15-5-3-4-13(11-15)12-18/h3-9,11,19H,2,10H2,1H3,(H,20,21). The molecule has 0 saturated heterocycles. The Morgan fingerprint density at radius 2 is 1.88 bits per heavy atom. The minimum Gasteiger partial charge on any atom is -0.322 e. The van der Waals surface area contributed by atoms with E-state index in [4.69, 9.17) is 5.26 Å². The van der Waals surface area contributed by atoms with Gasteiger partial charge in [-0.1, -0.05) is 13.0 Å². The molecule has 2 rings (SSSR count). The molecule has 0 aliphatic carbocycles. The van der Waals surface area contributed by atoms with E-state index in [2.05, 4.69) is 10.0 Å². The van der Waals surface area contributed by atoms with E-state index in [0.717, 1.165) is 0 Å². The van der Waals surface area contributed by atoms with Crippen LogP contribution >= 0.6 is 0 Å². The maximum Gasteiger partial charge on any atom is 0.255 e. The molecule has 24 heavy (non-hydrogen) atoms. The zero-order chi connectivity index (χ0) is 17.6. The lowest BCUT2D eigenvalue weighted by Crippen LogP contribution is -2.24. The van der Waals surface area contributed by atoms with E-state index >= 15 is 0 Å². The summed E-state index contributed by atoms with van der Waals surface area (Å²) in [6.07, 6.45) is 0.696. The summed E-state index contributed by atoms with van der Waals surface area (Å²) in [4.78, 5) is 12.3. The first-order valence-corrected chi connectivity index (χ1v) is 8.86. The van der Waals surface area contributed by atoms with Crippen LogP contribution in [0.2, 0.25) is 0 Å². The molecule has 0 atom stereocenters. The van der Waals surface area contributed by atoms with Crippen LogP contribution in [0.15, 0.2) is 53.4 Å². The SMILES string of the molecule is CCCNS(=O)(=O)c1ccc(C(=O)Nc2cccc(C#N)c2)cc1. The number of hydrogen-bond donors (Lipinski definition) is 2. The van der Waals surface area contributed by atoms with E-state index in [9.17, 15) is 13.2 Å². The predicted octanol–water partition coefficient (Wildman–Crippen LogP) is 2.50. The lowest BCUT2D eigenvalue weighted by molar-refractivity contribution is 0.102. The Labute approximate surface area is 141 Å². The molecule has 6 nitrogen and oxygen atoms in total. The van der Waals surface area contributed by atoms with Crippen LogP contribution in [-0.2, 0) is 10.0 Å². The molecule has 2 N–H and O–H groups in total. The highest BCUT2D eigenvalue weighted by Crippen LogP contribution is 2.14. The van der Waals surface area contributed by atoms with Crippen molar-refractivity contribution in [1.29, 1.82) is 5.26 Å². The zero-order valence-corrected chi connectivity index (χ0v) is 13.9. The molecule has 0 radical (unpaired) electrons. The van der Waals surface area contributed by atoms with Gasteiger partial charge in [-0.25, -0.2) is 13.1 Å². The number of anilines is 1. The number of sulfonamides is 1. The molecule has 0 saturated carbocycles. The summed E-state index contributed by atoms with van der Waals surface area (Å²) in [6.45, 7) is 2.23. The van der Waals surface area contributed by atoms with Crippen LogP contribution in [0.5, 0.6) is 0 Å². The van der Waals surface area contributed by atoms with E-state index in [1.54, 1.807) is 24.3 Å². The van der Waals surface area contributed by atoms with Crippen LogP contribution in [0, 0.1) is 11.3 Å². The van der Waals surface area contributed by atoms with Gasteiger partial charge in [-0.15, -0.1) is 0 Å². The maximum absolute atomic E-state index is 12.2. The van der Waals surface area contributed by atoms with Gasteiger partial charge in [0.05, 0.1) is 16.5 Å². The zero-order valence-electron chi connectivity index (χ0n) is 13.1. The van der Waals surface area contributed by atoms with Gasteiger partial charge in [0, 0.05) is 17.8 Å². The van der Waals surface area contributed by atoms with Gasteiger partial charge >= 0.3 is 0 Å². The molecule has 0 spiro atoms. The monoisotopic (exact) mass is 343 g/mol. The number of amides is 1. The molecule has 0 aromatic heterocycles. The van der Waals surface area contributed by atoms with Crippen molar-refractivity contribution in [3.05, 3.63) is 59.7 Å². The van der Waals surface area contributed by atoms with E-state index in [-0.39, 0.29) is 10.8 Å². The van der Waals surface area contributed by atoms with Gasteiger partial charge in [0.2, 0.25) is 10.0 Å². The molecule has 0 aliphatic rings. The quantitative estimate of drug-likeness (QED) is 0.842. The summed E-state index contributed by atoms with van der Waals surface area (Å²) in [5.41, 5.74) is 1.27. The normalized spacial score (nSPS) is 10.8. The largest absolute Gasteiger partial charge is 0.322 e. The smallest absolute Gasteiger partial charge is 0.255 e. The van der Waals surface area contributed by atoms with Crippen molar-refractivity contribution >= 4 is 21.6 Å². The number of carbonyl (C=O) groups is 1. The third kappa shape index (κ3) is 4.41. The van der Waals surface area contributed by atoms with Gasteiger partial charge in [0.25, 0.3) is 5.91 Å². The van der Waals surface area contributed by atoms with Crippen LogP contribution in [-0.4, -0.2) is 20.9 Å².